The summed E-state index contributed by atoms with van der Waals surface area (Å²) < 4.78 is 27.4. The van der Waals surface area contributed by atoms with Crippen LogP contribution in [0.1, 0.15) is 25.0 Å². The van der Waals surface area contributed by atoms with Crippen LogP contribution in [0.25, 0.3) is 10.8 Å². The van der Waals surface area contributed by atoms with Crippen molar-refractivity contribution in [2.75, 3.05) is 17.1 Å². The summed E-state index contributed by atoms with van der Waals surface area (Å²) in [6, 6.07) is 28.2. The number of nitrogens with zero attached hydrogens (tertiary/aromatic N) is 2. The highest BCUT2D eigenvalue weighted by molar-refractivity contribution is 7.92. The molecule has 4 aromatic carbocycles. The largest absolute Gasteiger partial charge is 0.352 e. The van der Waals surface area contributed by atoms with E-state index in [1.165, 1.54) is 4.90 Å². The Bertz CT molecular complexity index is 1600. The fourth-order valence-electron chi connectivity index (χ4n) is 4.74. The summed E-state index contributed by atoms with van der Waals surface area (Å²) in [5.74, 6) is -0.819. The van der Waals surface area contributed by atoms with Crippen LogP contribution in [0.3, 0.4) is 0 Å². The monoisotopic (exact) mass is 591 g/mol. The number of rotatable bonds is 11. The summed E-state index contributed by atoms with van der Waals surface area (Å²) >= 11 is 6.10. The van der Waals surface area contributed by atoms with Gasteiger partial charge in [0.15, 0.2) is 0 Å². The molecule has 41 heavy (non-hydrogen) atoms. The van der Waals surface area contributed by atoms with Crippen LogP contribution in [0.15, 0.2) is 97.1 Å². The van der Waals surface area contributed by atoms with E-state index >= 15 is 0 Å². The Morgan fingerprint density at radius 2 is 1.46 bits per heavy atom. The summed E-state index contributed by atoms with van der Waals surface area (Å²) in [6.07, 6.45) is 1.34. The van der Waals surface area contributed by atoms with Crippen molar-refractivity contribution in [3.63, 3.8) is 0 Å². The molecule has 0 aliphatic heterocycles. The molecule has 0 aliphatic carbocycles. The number of halogens is 1. The van der Waals surface area contributed by atoms with Crippen LogP contribution < -0.4 is 9.62 Å². The molecule has 0 radical (unpaired) electrons. The van der Waals surface area contributed by atoms with E-state index in [0.29, 0.717) is 16.1 Å². The molecular formula is C32H34ClN3O4S. The van der Waals surface area contributed by atoms with Crippen molar-refractivity contribution in [3.8, 4) is 0 Å². The lowest BCUT2D eigenvalue weighted by atomic mass is 10.0. The highest BCUT2D eigenvalue weighted by Crippen LogP contribution is 2.29. The molecule has 9 heteroatoms. The normalized spacial score (nSPS) is 12.2. The molecule has 4 aromatic rings. The second kappa shape index (κ2) is 13.2. The molecule has 2 amide bonds. The Morgan fingerprint density at radius 3 is 2.12 bits per heavy atom. The van der Waals surface area contributed by atoms with Gasteiger partial charge < -0.3 is 10.2 Å². The minimum absolute atomic E-state index is 0.0894. The number of benzene rings is 4. The van der Waals surface area contributed by atoms with Crippen LogP contribution >= 0.6 is 11.6 Å². The highest BCUT2D eigenvalue weighted by atomic mass is 35.5. The van der Waals surface area contributed by atoms with E-state index in [1.54, 1.807) is 36.4 Å². The van der Waals surface area contributed by atoms with E-state index in [2.05, 4.69) is 5.32 Å². The molecule has 1 N–H and O–H groups in total. The smallest absolute Gasteiger partial charge is 0.244 e. The molecule has 0 spiro atoms. The van der Waals surface area contributed by atoms with E-state index in [1.807, 2.05) is 74.5 Å². The van der Waals surface area contributed by atoms with Gasteiger partial charge in [-0.15, -0.1) is 0 Å². The molecule has 4 rings (SSSR count). The molecule has 0 heterocycles. The molecule has 0 aromatic heterocycles. The SMILES string of the molecule is CC(C)NC(=O)[C@@H](Cc1ccccc1)N(Cc1ccc(Cl)cc1)C(=O)CN(c1cccc2ccccc12)S(C)(=O)=O. The van der Waals surface area contributed by atoms with Gasteiger partial charge >= 0.3 is 0 Å². The van der Waals surface area contributed by atoms with Crippen molar-refractivity contribution in [1.29, 1.82) is 0 Å². The Labute approximate surface area is 246 Å². The Hall–Kier alpha value is -3.88. The maximum absolute atomic E-state index is 14.2. The fraction of sp³-hybridized carbons (Fsp3) is 0.250. The lowest BCUT2D eigenvalue weighted by molar-refractivity contribution is -0.140. The summed E-state index contributed by atoms with van der Waals surface area (Å²) in [7, 11) is -3.87. The van der Waals surface area contributed by atoms with Crippen molar-refractivity contribution in [3.05, 3.63) is 113 Å². The topological polar surface area (TPSA) is 86.8 Å². The third kappa shape index (κ3) is 7.86. The van der Waals surface area contributed by atoms with Crippen LogP contribution in [0.5, 0.6) is 0 Å². The van der Waals surface area contributed by atoms with Gasteiger partial charge in [0.1, 0.15) is 12.6 Å². The van der Waals surface area contributed by atoms with E-state index in [4.69, 9.17) is 11.6 Å². The number of sulfonamides is 1. The quantitative estimate of drug-likeness (QED) is 0.252. The lowest BCUT2D eigenvalue weighted by Gasteiger charge is -2.34. The minimum Gasteiger partial charge on any atom is -0.352 e. The number of fused-ring (bicyclic) bond motifs is 1. The Morgan fingerprint density at radius 1 is 0.829 bits per heavy atom. The highest BCUT2D eigenvalue weighted by Gasteiger charge is 2.33. The molecule has 0 aliphatic rings. The van der Waals surface area contributed by atoms with Crippen LogP contribution in [0, 0.1) is 0 Å². The van der Waals surface area contributed by atoms with Gasteiger partial charge in [0.05, 0.1) is 11.9 Å². The summed E-state index contributed by atoms with van der Waals surface area (Å²) in [5, 5.41) is 5.05. The van der Waals surface area contributed by atoms with Crippen molar-refractivity contribution in [1.82, 2.24) is 10.2 Å². The molecule has 0 unspecified atom stereocenters. The van der Waals surface area contributed by atoms with Gasteiger partial charge in [-0.2, -0.15) is 0 Å². The minimum atomic E-state index is -3.87. The predicted octanol–water partition coefficient (Wildman–Crippen LogP) is 5.42. The summed E-state index contributed by atoms with van der Waals surface area (Å²) in [6.45, 7) is 3.33. The second-order valence-corrected chi connectivity index (χ2v) is 12.6. The van der Waals surface area contributed by atoms with Crippen molar-refractivity contribution in [2.24, 2.45) is 0 Å². The number of amides is 2. The first-order valence-corrected chi connectivity index (χ1v) is 15.6. The number of hydrogen-bond donors (Lipinski definition) is 1. The van der Waals surface area contributed by atoms with Crippen molar-refractivity contribution >= 4 is 49.9 Å². The van der Waals surface area contributed by atoms with Gasteiger partial charge in [0, 0.05) is 29.4 Å². The van der Waals surface area contributed by atoms with E-state index < -0.39 is 28.5 Å². The average molecular weight is 592 g/mol. The third-order valence-electron chi connectivity index (χ3n) is 6.68. The molecule has 0 fully saturated rings. The van der Waals surface area contributed by atoms with Crippen LogP contribution in [0.2, 0.25) is 5.02 Å². The van der Waals surface area contributed by atoms with Crippen LogP contribution in [-0.2, 0) is 32.6 Å². The van der Waals surface area contributed by atoms with E-state index in [0.717, 1.165) is 27.1 Å². The predicted molar refractivity (Wildman–Crippen MR) is 165 cm³/mol. The lowest BCUT2D eigenvalue weighted by Crippen LogP contribution is -2.54. The zero-order valence-electron chi connectivity index (χ0n) is 23.3. The van der Waals surface area contributed by atoms with Gasteiger partial charge in [0.25, 0.3) is 0 Å². The molecule has 7 nitrogen and oxygen atoms in total. The molecule has 1 atom stereocenters. The van der Waals surface area contributed by atoms with Gasteiger partial charge in [0.2, 0.25) is 21.8 Å². The first kappa shape index (κ1) is 30.1. The average Bonchev–Trinajstić information content (AvgIpc) is 2.94. The number of nitrogens with one attached hydrogen (secondary N) is 1. The Kier molecular flexibility index (Phi) is 9.68. The van der Waals surface area contributed by atoms with Crippen LogP contribution in [0.4, 0.5) is 5.69 Å². The molecular weight excluding hydrogens is 558 g/mol. The van der Waals surface area contributed by atoms with Crippen molar-refractivity contribution in [2.45, 2.75) is 38.9 Å². The number of anilines is 1. The van der Waals surface area contributed by atoms with Crippen LogP contribution in [-0.4, -0.2) is 50.0 Å². The van der Waals surface area contributed by atoms with Gasteiger partial charge in [-0.25, -0.2) is 8.42 Å². The molecule has 214 valence electrons. The van der Waals surface area contributed by atoms with Gasteiger partial charge in [-0.1, -0.05) is 90.5 Å². The number of carbonyl (C=O) groups is 2. The zero-order chi connectivity index (χ0) is 29.6. The molecule has 0 saturated heterocycles. The first-order chi connectivity index (χ1) is 19.5. The first-order valence-electron chi connectivity index (χ1n) is 13.4. The molecule has 0 saturated carbocycles. The standard InChI is InChI=1S/C32H34ClN3O4S/c1-23(2)34-32(38)30(20-24-10-5-4-6-11-24)35(21-25-16-18-27(33)19-17-25)31(37)22-36(41(3,39)40)29-15-9-13-26-12-7-8-14-28(26)29/h4-19,23,30H,20-22H2,1-3H3,(H,34,38)/t30-/m1/s1. The molecule has 0 bridgehead atoms. The summed E-state index contributed by atoms with van der Waals surface area (Å²) in [5.41, 5.74) is 2.03. The van der Waals surface area contributed by atoms with E-state index in [-0.39, 0.29) is 24.9 Å². The number of carbonyl (C=O) groups excluding carboxylic acids is 2. The third-order valence-corrected chi connectivity index (χ3v) is 8.06. The second-order valence-electron chi connectivity index (χ2n) is 10.3. The van der Waals surface area contributed by atoms with Gasteiger partial charge in [-0.3, -0.25) is 13.9 Å². The van der Waals surface area contributed by atoms with Gasteiger partial charge in [-0.05, 0) is 48.6 Å². The maximum Gasteiger partial charge on any atom is 0.244 e. The fourth-order valence-corrected chi connectivity index (χ4v) is 5.73. The van der Waals surface area contributed by atoms with E-state index in [9.17, 15) is 18.0 Å². The zero-order valence-corrected chi connectivity index (χ0v) is 24.9. The Balaban J connectivity index is 1.78. The number of hydrogen-bond acceptors (Lipinski definition) is 4. The van der Waals surface area contributed by atoms with Crippen molar-refractivity contribution < 1.29 is 18.0 Å². The summed E-state index contributed by atoms with van der Waals surface area (Å²) in [4.78, 5) is 29.3. The maximum atomic E-state index is 14.2.